The van der Waals surface area contributed by atoms with Gasteiger partial charge in [0.25, 0.3) is 0 Å². The van der Waals surface area contributed by atoms with Gasteiger partial charge >= 0.3 is 6.18 Å². The van der Waals surface area contributed by atoms with Crippen molar-refractivity contribution >= 4 is 17.4 Å². The number of aromatic nitrogens is 2. The van der Waals surface area contributed by atoms with Crippen LogP contribution in [0, 0.1) is 11.3 Å². The maximum Gasteiger partial charge on any atom is 0.416 e. The molecule has 2 aliphatic rings. The number of fused-ring (bicyclic) bond motifs is 1. The number of hydrogen-bond donors (Lipinski definition) is 0. The summed E-state index contributed by atoms with van der Waals surface area (Å²) in [6, 6.07) is 17.3. The predicted octanol–water partition coefficient (Wildman–Crippen LogP) is 4.22. The van der Waals surface area contributed by atoms with Crippen molar-refractivity contribution in [1.82, 2.24) is 19.6 Å². The van der Waals surface area contributed by atoms with Crippen LogP contribution >= 0.6 is 0 Å². The SMILES string of the molecule is CC1=C(c2cccc(C(F)(F)F)c2)n2ncc(C#N)c2N(C(=O)CN2CCN(Cc3ccccc3)CC2)C1. The summed E-state index contributed by atoms with van der Waals surface area (Å²) < 4.78 is 41.5. The molecule has 0 aliphatic carbocycles. The van der Waals surface area contributed by atoms with Gasteiger partial charge in [0.05, 0.1) is 30.5 Å². The lowest BCUT2D eigenvalue weighted by atomic mass is 10.0. The van der Waals surface area contributed by atoms with Gasteiger partial charge in [-0.25, -0.2) is 4.68 Å². The van der Waals surface area contributed by atoms with Crippen molar-refractivity contribution in [3.05, 3.63) is 88.6 Å². The highest BCUT2D eigenvalue weighted by Gasteiger charge is 2.34. The first-order chi connectivity index (χ1) is 18.2. The molecule has 1 aromatic heterocycles. The topological polar surface area (TPSA) is 68.4 Å². The summed E-state index contributed by atoms with van der Waals surface area (Å²) in [5.74, 6) is 0.112. The highest BCUT2D eigenvalue weighted by molar-refractivity contribution is 5.98. The molecule has 0 saturated carbocycles. The standard InChI is InChI=1S/C28H27F3N6O/c1-20-17-36(25(38)19-35-12-10-34(11-13-35)18-21-6-3-2-4-7-21)27-23(15-32)16-33-37(27)26(20)22-8-5-9-24(14-22)28(29,30)31/h2-9,14,16H,10-13,17-19H2,1H3. The normalized spacial score (nSPS) is 16.9. The summed E-state index contributed by atoms with van der Waals surface area (Å²) in [7, 11) is 0. The molecular formula is C28H27F3N6O. The molecule has 0 spiro atoms. The van der Waals surface area contributed by atoms with E-state index < -0.39 is 11.7 Å². The number of halogens is 3. The summed E-state index contributed by atoms with van der Waals surface area (Å²) in [6.07, 6.45) is -3.14. The number of carbonyl (C=O) groups is 1. The zero-order valence-corrected chi connectivity index (χ0v) is 20.9. The van der Waals surface area contributed by atoms with E-state index >= 15 is 0 Å². The first kappa shape index (κ1) is 25.7. The van der Waals surface area contributed by atoms with E-state index in [1.54, 1.807) is 13.0 Å². The van der Waals surface area contributed by atoms with Crippen molar-refractivity contribution in [2.45, 2.75) is 19.6 Å². The van der Waals surface area contributed by atoms with Crippen LogP contribution in [0.15, 0.2) is 66.4 Å². The minimum atomic E-state index is -4.49. The number of benzene rings is 2. The van der Waals surface area contributed by atoms with Gasteiger partial charge in [0.15, 0.2) is 5.82 Å². The van der Waals surface area contributed by atoms with Crippen LogP contribution in [0.2, 0.25) is 0 Å². The first-order valence-corrected chi connectivity index (χ1v) is 12.4. The molecule has 0 N–H and O–H groups in total. The number of rotatable bonds is 5. The number of nitriles is 1. The van der Waals surface area contributed by atoms with Crippen LogP contribution in [0.3, 0.4) is 0 Å². The van der Waals surface area contributed by atoms with Gasteiger partial charge in [0.1, 0.15) is 11.6 Å². The average molecular weight is 521 g/mol. The zero-order chi connectivity index (χ0) is 26.9. The van der Waals surface area contributed by atoms with E-state index in [2.05, 4.69) is 33.1 Å². The fourth-order valence-corrected chi connectivity index (χ4v) is 5.05. The highest BCUT2D eigenvalue weighted by atomic mass is 19.4. The molecule has 3 heterocycles. The Balaban J connectivity index is 1.33. The Bertz CT molecular complexity index is 1400. The molecule has 2 aliphatic heterocycles. The van der Waals surface area contributed by atoms with Gasteiger partial charge in [-0.1, -0.05) is 42.5 Å². The summed E-state index contributed by atoms with van der Waals surface area (Å²) in [4.78, 5) is 19.5. The van der Waals surface area contributed by atoms with E-state index in [1.165, 1.54) is 27.4 Å². The van der Waals surface area contributed by atoms with Crippen LogP contribution in [0.25, 0.3) is 5.70 Å². The number of anilines is 1. The number of amides is 1. The van der Waals surface area contributed by atoms with E-state index in [4.69, 9.17) is 0 Å². The van der Waals surface area contributed by atoms with Crippen molar-refractivity contribution in [3.8, 4) is 6.07 Å². The van der Waals surface area contributed by atoms with Crippen molar-refractivity contribution in [2.24, 2.45) is 0 Å². The summed E-state index contributed by atoms with van der Waals surface area (Å²) in [6.45, 7) is 6.13. The fraction of sp³-hybridized carbons (Fsp3) is 0.321. The summed E-state index contributed by atoms with van der Waals surface area (Å²) in [5.41, 5.74) is 2.14. The predicted molar refractivity (Wildman–Crippen MR) is 137 cm³/mol. The molecule has 3 aromatic rings. The van der Waals surface area contributed by atoms with Gasteiger partial charge in [0, 0.05) is 38.3 Å². The van der Waals surface area contributed by atoms with Crippen LogP contribution in [0.4, 0.5) is 19.0 Å². The molecule has 0 radical (unpaired) electrons. The fourth-order valence-electron chi connectivity index (χ4n) is 5.05. The van der Waals surface area contributed by atoms with E-state index in [9.17, 15) is 23.2 Å². The Labute approximate surface area is 219 Å². The number of piperazine rings is 1. The Kier molecular flexibility index (Phi) is 7.06. The van der Waals surface area contributed by atoms with Crippen molar-refractivity contribution in [2.75, 3.05) is 44.2 Å². The molecule has 2 aromatic carbocycles. The summed E-state index contributed by atoms with van der Waals surface area (Å²) >= 11 is 0. The summed E-state index contributed by atoms with van der Waals surface area (Å²) in [5, 5.41) is 14.0. The Hall–Kier alpha value is -3.94. The first-order valence-electron chi connectivity index (χ1n) is 12.4. The van der Waals surface area contributed by atoms with E-state index in [-0.39, 0.29) is 24.6 Å². The van der Waals surface area contributed by atoms with Crippen molar-refractivity contribution in [1.29, 1.82) is 5.26 Å². The molecule has 0 atom stereocenters. The number of nitrogens with zero attached hydrogens (tertiary/aromatic N) is 6. The Morgan fingerprint density at radius 1 is 1.03 bits per heavy atom. The molecule has 0 unspecified atom stereocenters. The number of carbonyl (C=O) groups excluding carboxylic acids is 1. The van der Waals surface area contributed by atoms with Crippen LogP contribution < -0.4 is 4.90 Å². The average Bonchev–Trinajstić information content (AvgIpc) is 3.33. The Morgan fingerprint density at radius 2 is 1.74 bits per heavy atom. The third kappa shape index (κ3) is 5.21. The quantitative estimate of drug-likeness (QED) is 0.504. The van der Waals surface area contributed by atoms with Gasteiger partial charge in [-0.15, -0.1) is 0 Å². The van der Waals surface area contributed by atoms with Crippen LogP contribution in [0.5, 0.6) is 0 Å². The maximum absolute atomic E-state index is 13.5. The van der Waals surface area contributed by atoms with Crippen LogP contribution in [-0.2, 0) is 17.5 Å². The van der Waals surface area contributed by atoms with Crippen molar-refractivity contribution in [3.63, 3.8) is 0 Å². The lowest BCUT2D eigenvalue weighted by Crippen LogP contribution is -2.50. The van der Waals surface area contributed by atoms with Crippen LogP contribution in [0.1, 0.15) is 29.2 Å². The molecule has 5 rings (SSSR count). The van der Waals surface area contributed by atoms with Crippen LogP contribution in [-0.4, -0.2) is 64.8 Å². The second kappa shape index (κ2) is 10.4. The molecule has 38 heavy (non-hydrogen) atoms. The minimum Gasteiger partial charge on any atom is -0.297 e. The second-order valence-electron chi connectivity index (χ2n) is 9.63. The van der Waals surface area contributed by atoms with E-state index in [0.29, 0.717) is 22.7 Å². The molecule has 1 fully saturated rings. The maximum atomic E-state index is 13.5. The highest BCUT2D eigenvalue weighted by Crippen LogP contribution is 2.37. The minimum absolute atomic E-state index is 0.165. The van der Waals surface area contributed by atoms with Gasteiger partial charge in [-0.05, 0) is 30.2 Å². The van der Waals surface area contributed by atoms with Gasteiger partial charge < -0.3 is 0 Å². The smallest absolute Gasteiger partial charge is 0.297 e. The van der Waals surface area contributed by atoms with E-state index in [1.807, 2.05) is 18.2 Å². The molecule has 1 amide bonds. The third-order valence-corrected chi connectivity index (χ3v) is 6.97. The molecule has 1 saturated heterocycles. The monoisotopic (exact) mass is 520 g/mol. The molecule has 7 nitrogen and oxygen atoms in total. The zero-order valence-electron chi connectivity index (χ0n) is 20.9. The van der Waals surface area contributed by atoms with Gasteiger partial charge in [-0.3, -0.25) is 19.5 Å². The van der Waals surface area contributed by atoms with Gasteiger partial charge in [-0.2, -0.15) is 23.5 Å². The number of hydrogen-bond acceptors (Lipinski definition) is 5. The third-order valence-electron chi connectivity index (χ3n) is 6.97. The Morgan fingerprint density at radius 3 is 2.42 bits per heavy atom. The second-order valence-corrected chi connectivity index (χ2v) is 9.63. The molecule has 0 bridgehead atoms. The van der Waals surface area contributed by atoms with Crippen molar-refractivity contribution < 1.29 is 18.0 Å². The molecule has 10 heteroatoms. The molecule has 196 valence electrons. The largest absolute Gasteiger partial charge is 0.416 e. The lowest BCUT2D eigenvalue weighted by Gasteiger charge is -2.36. The molecular weight excluding hydrogens is 493 g/mol. The number of alkyl halides is 3. The lowest BCUT2D eigenvalue weighted by molar-refractivity contribution is -0.137. The van der Waals surface area contributed by atoms with E-state index in [0.717, 1.165) is 44.9 Å². The van der Waals surface area contributed by atoms with Gasteiger partial charge in [0.2, 0.25) is 5.91 Å².